The summed E-state index contributed by atoms with van der Waals surface area (Å²) in [6.07, 6.45) is -0.535. The van der Waals surface area contributed by atoms with E-state index in [4.69, 9.17) is 0 Å². The van der Waals surface area contributed by atoms with Gasteiger partial charge in [-0.15, -0.1) is 0 Å². The number of nitrogens with zero attached hydrogens (tertiary/aromatic N) is 2. The fourth-order valence-electron chi connectivity index (χ4n) is 2.34. The lowest BCUT2D eigenvalue weighted by atomic mass is 10.1. The number of aliphatic hydroxyl groups is 2. The van der Waals surface area contributed by atoms with Crippen LogP contribution in [0, 0.1) is 0 Å². The Balaban J connectivity index is 1.84. The summed E-state index contributed by atoms with van der Waals surface area (Å²) in [5.41, 5.74) is 2.25. The molecular weight excluding hydrogens is 256 g/mol. The molecule has 0 aliphatic carbocycles. The molecule has 0 aromatic heterocycles. The first-order valence-electron chi connectivity index (χ1n) is 6.87. The first kappa shape index (κ1) is 14.8. The first-order valence-corrected chi connectivity index (χ1v) is 6.87. The molecule has 1 heterocycles. The van der Waals surface area contributed by atoms with E-state index in [0.717, 1.165) is 11.3 Å². The average molecular weight is 278 g/mol. The molecule has 1 aliphatic heterocycles. The molecule has 1 aliphatic rings. The lowest BCUT2D eigenvalue weighted by Gasteiger charge is -2.15. The number of carbonyl (C=O) groups is 1. The van der Waals surface area contributed by atoms with Crippen LogP contribution in [-0.4, -0.2) is 60.4 Å². The van der Waals surface area contributed by atoms with Crippen LogP contribution in [0.1, 0.15) is 12.0 Å². The van der Waals surface area contributed by atoms with Gasteiger partial charge in [-0.25, -0.2) is 0 Å². The third kappa shape index (κ3) is 3.49. The molecule has 5 nitrogen and oxygen atoms in total. The standard InChI is InChI=1S/C15H22N2O3/c1-16(2)12-6-3-11(4-7-12)5-8-15(20)17-9-13(18)14(19)10-17/h3-4,6-7,13-14,18-19H,5,8-10H2,1-2H3. The Morgan fingerprint density at radius 3 is 2.25 bits per heavy atom. The normalized spacial score (nSPS) is 22.1. The van der Waals surface area contributed by atoms with E-state index in [0.29, 0.717) is 12.8 Å². The summed E-state index contributed by atoms with van der Waals surface area (Å²) < 4.78 is 0. The van der Waals surface area contributed by atoms with Crippen molar-refractivity contribution in [2.75, 3.05) is 32.1 Å². The molecule has 0 bridgehead atoms. The van der Waals surface area contributed by atoms with Crippen LogP contribution in [0.25, 0.3) is 0 Å². The molecular formula is C15H22N2O3. The maximum Gasteiger partial charge on any atom is 0.223 e. The molecule has 20 heavy (non-hydrogen) atoms. The molecule has 2 rings (SSSR count). The summed E-state index contributed by atoms with van der Waals surface area (Å²) in [6.45, 7) is 0.471. The number of aliphatic hydroxyl groups excluding tert-OH is 2. The van der Waals surface area contributed by atoms with Gasteiger partial charge in [0, 0.05) is 39.3 Å². The molecule has 5 heteroatoms. The third-order valence-corrected chi connectivity index (χ3v) is 3.69. The van der Waals surface area contributed by atoms with Crippen molar-refractivity contribution in [2.45, 2.75) is 25.0 Å². The second kappa shape index (κ2) is 6.24. The van der Waals surface area contributed by atoms with E-state index in [1.165, 1.54) is 4.90 Å². The summed E-state index contributed by atoms with van der Waals surface area (Å²) in [4.78, 5) is 15.5. The average Bonchev–Trinajstić information content (AvgIpc) is 2.76. The number of hydrogen-bond donors (Lipinski definition) is 2. The van der Waals surface area contributed by atoms with Gasteiger partial charge < -0.3 is 20.0 Å². The summed E-state index contributed by atoms with van der Waals surface area (Å²) in [6, 6.07) is 8.11. The number of amides is 1. The first-order chi connectivity index (χ1) is 9.47. The van der Waals surface area contributed by atoms with Crippen molar-refractivity contribution in [1.82, 2.24) is 4.90 Å². The van der Waals surface area contributed by atoms with E-state index in [1.54, 1.807) is 0 Å². The third-order valence-electron chi connectivity index (χ3n) is 3.69. The smallest absolute Gasteiger partial charge is 0.223 e. The number of likely N-dealkylation sites (tertiary alicyclic amines) is 1. The summed E-state index contributed by atoms with van der Waals surface area (Å²) in [5, 5.41) is 18.9. The maximum absolute atomic E-state index is 12.0. The lowest BCUT2D eigenvalue weighted by Crippen LogP contribution is -2.29. The van der Waals surface area contributed by atoms with Crippen LogP contribution in [-0.2, 0) is 11.2 Å². The van der Waals surface area contributed by atoms with Gasteiger partial charge in [0.25, 0.3) is 0 Å². The van der Waals surface area contributed by atoms with Crippen LogP contribution < -0.4 is 4.90 Å². The Bertz CT molecular complexity index is 449. The molecule has 0 saturated carbocycles. The Labute approximate surface area is 119 Å². The monoisotopic (exact) mass is 278 g/mol. The van der Waals surface area contributed by atoms with Crippen molar-refractivity contribution in [3.8, 4) is 0 Å². The fourth-order valence-corrected chi connectivity index (χ4v) is 2.34. The Kier molecular flexibility index (Phi) is 4.62. The van der Waals surface area contributed by atoms with Gasteiger partial charge in [-0.3, -0.25) is 4.79 Å². The van der Waals surface area contributed by atoms with Crippen LogP contribution in [0.2, 0.25) is 0 Å². The molecule has 2 unspecified atom stereocenters. The number of anilines is 1. The second-order valence-electron chi connectivity index (χ2n) is 5.49. The van der Waals surface area contributed by atoms with Gasteiger partial charge in [-0.1, -0.05) is 12.1 Å². The van der Waals surface area contributed by atoms with Crippen molar-refractivity contribution in [1.29, 1.82) is 0 Å². The molecule has 1 aromatic rings. The van der Waals surface area contributed by atoms with E-state index < -0.39 is 12.2 Å². The van der Waals surface area contributed by atoms with Gasteiger partial charge in [-0.05, 0) is 24.1 Å². The maximum atomic E-state index is 12.0. The molecule has 1 amide bonds. The van der Waals surface area contributed by atoms with Gasteiger partial charge in [0.05, 0.1) is 12.2 Å². The molecule has 1 aromatic carbocycles. The quantitative estimate of drug-likeness (QED) is 0.828. The molecule has 2 N–H and O–H groups in total. The van der Waals surface area contributed by atoms with Crippen LogP contribution in [0.15, 0.2) is 24.3 Å². The number of carbonyl (C=O) groups excluding carboxylic acids is 1. The summed E-state index contributed by atoms with van der Waals surface area (Å²) in [7, 11) is 3.98. The summed E-state index contributed by atoms with van der Waals surface area (Å²) >= 11 is 0. The largest absolute Gasteiger partial charge is 0.388 e. The molecule has 1 saturated heterocycles. The molecule has 110 valence electrons. The lowest BCUT2D eigenvalue weighted by molar-refractivity contribution is -0.130. The minimum atomic E-state index is -0.807. The van der Waals surface area contributed by atoms with Crippen molar-refractivity contribution < 1.29 is 15.0 Å². The number of aryl methyl sites for hydroxylation is 1. The number of hydrogen-bond acceptors (Lipinski definition) is 4. The summed E-state index contributed by atoms with van der Waals surface area (Å²) in [5.74, 6) is -0.0164. The SMILES string of the molecule is CN(C)c1ccc(CCC(=O)N2CC(O)C(O)C2)cc1. The van der Waals surface area contributed by atoms with E-state index in [-0.39, 0.29) is 19.0 Å². The number of benzene rings is 1. The molecule has 0 spiro atoms. The van der Waals surface area contributed by atoms with Gasteiger partial charge in [-0.2, -0.15) is 0 Å². The van der Waals surface area contributed by atoms with Crippen molar-refractivity contribution in [2.24, 2.45) is 0 Å². The van der Waals surface area contributed by atoms with E-state index >= 15 is 0 Å². The highest BCUT2D eigenvalue weighted by Gasteiger charge is 2.31. The zero-order chi connectivity index (χ0) is 14.7. The van der Waals surface area contributed by atoms with Crippen LogP contribution in [0.4, 0.5) is 5.69 Å². The van der Waals surface area contributed by atoms with Crippen LogP contribution >= 0.6 is 0 Å². The minimum Gasteiger partial charge on any atom is -0.388 e. The van der Waals surface area contributed by atoms with E-state index in [9.17, 15) is 15.0 Å². The predicted octanol–water partition coefficient (Wildman–Crippen LogP) is 0.249. The Morgan fingerprint density at radius 1 is 1.20 bits per heavy atom. The van der Waals surface area contributed by atoms with E-state index in [1.807, 2.05) is 43.3 Å². The topological polar surface area (TPSA) is 64.0 Å². The Morgan fingerprint density at radius 2 is 1.75 bits per heavy atom. The van der Waals surface area contributed by atoms with Gasteiger partial charge in [0.15, 0.2) is 0 Å². The minimum absolute atomic E-state index is 0.0164. The predicted molar refractivity (Wildman–Crippen MR) is 77.7 cm³/mol. The van der Waals surface area contributed by atoms with Crippen molar-refractivity contribution in [3.63, 3.8) is 0 Å². The molecule has 2 atom stereocenters. The highest BCUT2D eigenvalue weighted by atomic mass is 16.3. The van der Waals surface area contributed by atoms with E-state index in [2.05, 4.69) is 0 Å². The number of β-amino-alcohol motifs (C(OH)–C–C–N with tert-alkyl or cyclic N) is 2. The van der Waals surface area contributed by atoms with Crippen LogP contribution in [0.5, 0.6) is 0 Å². The van der Waals surface area contributed by atoms with Gasteiger partial charge >= 0.3 is 0 Å². The highest BCUT2D eigenvalue weighted by molar-refractivity contribution is 5.77. The van der Waals surface area contributed by atoms with Crippen molar-refractivity contribution in [3.05, 3.63) is 29.8 Å². The van der Waals surface area contributed by atoms with Crippen LogP contribution in [0.3, 0.4) is 0 Å². The van der Waals surface area contributed by atoms with Gasteiger partial charge in [0.2, 0.25) is 5.91 Å². The number of rotatable bonds is 4. The van der Waals surface area contributed by atoms with Gasteiger partial charge in [0.1, 0.15) is 0 Å². The highest BCUT2D eigenvalue weighted by Crippen LogP contribution is 2.15. The second-order valence-corrected chi connectivity index (χ2v) is 5.49. The van der Waals surface area contributed by atoms with Crippen molar-refractivity contribution >= 4 is 11.6 Å². The molecule has 1 fully saturated rings. The molecule has 0 radical (unpaired) electrons. The Hall–Kier alpha value is -1.59. The fraction of sp³-hybridized carbons (Fsp3) is 0.533. The zero-order valence-corrected chi connectivity index (χ0v) is 12.0. The zero-order valence-electron chi connectivity index (χ0n) is 12.0.